The first-order chi connectivity index (χ1) is 8.15. The molecule has 3 N–H and O–H groups in total. The number of ether oxygens (including phenoxy) is 1. The highest BCUT2D eigenvalue weighted by Gasteiger charge is 2.11. The van der Waals surface area contributed by atoms with E-state index < -0.39 is 0 Å². The van der Waals surface area contributed by atoms with Crippen LogP contribution in [0.4, 0.5) is 0 Å². The summed E-state index contributed by atoms with van der Waals surface area (Å²) in [5.41, 5.74) is 6.13. The molecule has 1 heterocycles. The lowest BCUT2D eigenvalue weighted by Crippen LogP contribution is -2.25. The Labute approximate surface area is 105 Å². The fourth-order valence-corrected chi connectivity index (χ4v) is 1.97. The van der Waals surface area contributed by atoms with E-state index in [1.807, 2.05) is 13.8 Å². The van der Waals surface area contributed by atoms with Gasteiger partial charge in [0.15, 0.2) is 0 Å². The number of amides is 1. The zero-order valence-electron chi connectivity index (χ0n) is 10.2. The van der Waals surface area contributed by atoms with Crippen LogP contribution >= 0.6 is 11.3 Å². The van der Waals surface area contributed by atoms with E-state index in [1.54, 1.807) is 5.38 Å². The van der Waals surface area contributed by atoms with Gasteiger partial charge in [-0.25, -0.2) is 4.98 Å². The van der Waals surface area contributed by atoms with Crippen LogP contribution in [0.2, 0.25) is 0 Å². The molecule has 6 heteroatoms. The molecule has 0 spiro atoms. The Morgan fingerprint density at radius 2 is 2.47 bits per heavy atom. The van der Waals surface area contributed by atoms with Crippen molar-refractivity contribution in [3.63, 3.8) is 0 Å². The molecule has 1 amide bonds. The van der Waals surface area contributed by atoms with Crippen LogP contribution in [0.3, 0.4) is 0 Å². The molecule has 0 saturated carbocycles. The van der Waals surface area contributed by atoms with Crippen molar-refractivity contribution >= 4 is 17.2 Å². The number of rotatable bonds is 7. The number of nitrogens with one attached hydrogen (secondary N) is 1. The summed E-state index contributed by atoms with van der Waals surface area (Å²) in [5.74, 6) is -0.148. The van der Waals surface area contributed by atoms with E-state index >= 15 is 0 Å². The zero-order valence-corrected chi connectivity index (χ0v) is 11.0. The Morgan fingerprint density at radius 3 is 3.06 bits per heavy atom. The van der Waals surface area contributed by atoms with E-state index in [0.29, 0.717) is 25.5 Å². The molecule has 0 bridgehead atoms. The molecule has 96 valence electrons. The Kier molecular flexibility index (Phi) is 6.10. The summed E-state index contributed by atoms with van der Waals surface area (Å²) in [6, 6.07) is -0.125. The Morgan fingerprint density at radius 1 is 1.71 bits per heavy atom. The number of carbonyl (C=O) groups excluding carboxylic acids is 1. The lowest BCUT2D eigenvalue weighted by Gasteiger charge is -2.03. The average Bonchev–Trinajstić information content (AvgIpc) is 2.78. The van der Waals surface area contributed by atoms with Gasteiger partial charge < -0.3 is 15.8 Å². The fraction of sp³-hybridized carbons (Fsp3) is 0.636. The van der Waals surface area contributed by atoms with Gasteiger partial charge in [0, 0.05) is 25.1 Å². The van der Waals surface area contributed by atoms with Crippen molar-refractivity contribution in [2.24, 2.45) is 5.73 Å². The normalized spacial score (nSPS) is 12.4. The van der Waals surface area contributed by atoms with Crippen LogP contribution in [0.5, 0.6) is 0 Å². The van der Waals surface area contributed by atoms with Crippen molar-refractivity contribution in [2.75, 3.05) is 19.8 Å². The number of thiazole rings is 1. The number of hydrogen-bond acceptors (Lipinski definition) is 5. The summed E-state index contributed by atoms with van der Waals surface area (Å²) in [6.45, 7) is 5.77. The van der Waals surface area contributed by atoms with Crippen molar-refractivity contribution in [2.45, 2.75) is 26.3 Å². The number of nitrogens with two attached hydrogens (primary N) is 1. The molecule has 0 radical (unpaired) electrons. The predicted molar refractivity (Wildman–Crippen MR) is 68.2 cm³/mol. The predicted octanol–water partition coefficient (Wildman–Crippen LogP) is 1.32. The quantitative estimate of drug-likeness (QED) is 0.722. The third-order valence-corrected chi connectivity index (χ3v) is 3.14. The zero-order chi connectivity index (χ0) is 12.7. The molecule has 0 saturated heterocycles. The van der Waals surface area contributed by atoms with E-state index in [-0.39, 0.29) is 11.9 Å². The third-order valence-electron chi connectivity index (χ3n) is 2.10. The molecular weight excluding hydrogens is 238 g/mol. The fourth-order valence-electron chi connectivity index (χ4n) is 1.21. The van der Waals surface area contributed by atoms with E-state index in [2.05, 4.69) is 10.3 Å². The molecule has 1 aromatic heterocycles. The first-order valence-corrected chi connectivity index (χ1v) is 6.60. The number of nitrogens with zero attached hydrogens (tertiary/aromatic N) is 1. The van der Waals surface area contributed by atoms with E-state index in [0.717, 1.165) is 11.4 Å². The van der Waals surface area contributed by atoms with Gasteiger partial charge in [-0.2, -0.15) is 0 Å². The molecule has 1 aromatic rings. The summed E-state index contributed by atoms with van der Waals surface area (Å²) in [5, 5.41) is 5.31. The molecule has 1 rings (SSSR count). The summed E-state index contributed by atoms with van der Waals surface area (Å²) >= 11 is 1.41. The van der Waals surface area contributed by atoms with Gasteiger partial charge in [0.25, 0.3) is 5.91 Å². The van der Waals surface area contributed by atoms with Crippen molar-refractivity contribution in [1.29, 1.82) is 0 Å². The smallest absolute Gasteiger partial charge is 0.270 e. The van der Waals surface area contributed by atoms with E-state index in [9.17, 15) is 4.79 Å². The number of aromatic nitrogens is 1. The van der Waals surface area contributed by atoms with E-state index in [1.165, 1.54) is 11.3 Å². The summed E-state index contributed by atoms with van der Waals surface area (Å²) in [7, 11) is 0. The molecule has 1 unspecified atom stereocenters. The monoisotopic (exact) mass is 257 g/mol. The molecule has 0 aliphatic heterocycles. The van der Waals surface area contributed by atoms with Crippen LogP contribution in [0.1, 0.15) is 41.8 Å². The molecule has 0 fully saturated rings. The molecular formula is C11H19N3O2S. The van der Waals surface area contributed by atoms with Gasteiger partial charge in [-0.1, -0.05) is 0 Å². The number of hydrogen-bond donors (Lipinski definition) is 2. The topological polar surface area (TPSA) is 77.2 Å². The lowest BCUT2D eigenvalue weighted by molar-refractivity contribution is 0.0940. The van der Waals surface area contributed by atoms with Crippen molar-refractivity contribution < 1.29 is 9.53 Å². The molecule has 0 aliphatic carbocycles. The number of carbonyl (C=O) groups is 1. The van der Waals surface area contributed by atoms with Crippen molar-refractivity contribution in [3.8, 4) is 0 Å². The second-order valence-corrected chi connectivity index (χ2v) is 4.56. The molecule has 1 atom stereocenters. The van der Waals surface area contributed by atoms with Crippen LogP contribution in [0.15, 0.2) is 5.38 Å². The standard InChI is InChI=1S/C11H19N3O2S/c1-3-16-6-4-5-13-10(15)9-7-17-11(14-9)8(2)12/h7-8H,3-6,12H2,1-2H3,(H,13,15). The summed E-state index contributed by atoms with van der Waals surface area (Å²) < 4.78 is 5.18. The second kappa shape index (κ2) is 7.37. The van der Waals surface area contributed by atoms with Gasteiger partial charge in [0.2, 0.25) is 0 Å². The highest BCUT2D eigenvalue weighted by atomic mass is 32.1. The van der Waals surface area contributed by atoms with Crippen LogP contribution in [-0.4, -0.2) is 30.6 Å². The van der Waals surface area contributed by atoms with Gasteiger partial charge >= 0.3 is 0 Å². The molecule has 0 aliphatic rings. The SMILES string of the molecule is CCOCCCNC(=O)c1csc(C(C)N)n1. The third kappa shape index (κ3) is 4.80. The maximum atomic E-state index is 11.7. The van der Waals surface area contributed by atoms with Crippen LogP contribution in [0.25, 0.3) is 0 Å². The Bertz CT molecular complexity index is 352. The molecule has 5 nitrogen and oxygen atoms in total. The van der Waals surface area contributed by atoms with Crippen LogP contribution < -0.4 is 11.1 Å². The van der Waals surface area contributed by atoms with Gasteiger partial charge in [-0.15, -0.1) is 11.3 Å². The van der Waals surface area contributed by atoms with Crippen molar-refractivity contribution in [1.82, 2.24) is 10.3 Å². The highest BCUT2D eigenvalue weighted by molar-refractivity contribution is 7.09. The molecule has 17 heavy (non-hydrogen) atoms. The summed E-state index contributed by atoms with van der Waals surface area (Å²) in [6.07, 6.45) is 0.809. The minimum Gasteiger partial charge on any atom is -0.382 e. The Balaban J connectivity index is 2.31. The summed E-state index contributed by atoms with van der Waals surface area (Å²) in [4.78, 5) is 15.8. The second-order valence-electron chi connectivity index (χ2n) is 3.67. The first-order valence-electron chi connectivity index (χ1n) is 5.72. The van der Waals surface area contributed by atoms with E-state index in [4.69, 9.17) is 10.5 Å². The minimum absolute atomic E-state index is 0.125. The van der Waals surface area contributed by atoms with Gasteiger partial charge in [-0.05, 0) is 20.3 Å². The van der Waals surface area contributed by atoms with Gasteiger partial charge in [0.1, 0.15) is 10.7 Å². The minimum atomic E-state index is -0.148. The van der Waals surface area contributed by atoms with Gasteiger partial charge in [-0.3, -0.25) is 4.79 Å². The highest BCUT2D eigenvalue weighted by Crippen LogP contribution is 2.15. The Hall–Kier alpha value is -0.980. The largest absolute Gasteiger partial charge is 0.382 e. The average molecular weight is 257 g/mol. The van der Waals surface area contributed by atoms with Crippen LogP contribution in [0, 0.1) is 0 Å². The van der Waals surface area contributed by atoms with Gasteiger partial charge in [0.05, 0.1) is 6.04 Å². The lowest BCUT2D eigenvalue weighted by atomic mass is 10.3. The first kappa shape index (κ1) is 14.1. The maximum absolute atomic E-state index is 11.7. The van der Waals surface area contributed by atoms with Crippen molar-refractivity contribution in [3.05, 3.63) is 16.1 Å². The molecule has 0 aromatic carbocycles. The van der Waals surface area contributed by atoms with Crippen LogP contribution in [-0.2, 0) is 4.74 Å². The maximum Gasteiger partial charge on any atom is 0.270 e.